The Hall–Kier alpha value is -1.56. The first-order valence-electron chi connectivity index (χ1n) is 7.05. The second kappa shape index (κ2) is 6.74. The molecule has 1 fully saturated rings. The molecule has 0 bridgehead atoms. The summed E-state index contributed by atoms with van der Waals surface area (Å²) < 4.78 is 5.09. The normalized spacial score (nSPS) is 23.4. The van der Waals surface area contributed by atoms with Crippen molar-refractivity contribution in [3.05, 3.63) is 11.6 Å². The summed E-state index contributed by atoms with van der Waals surface area (Å²) in [4.78, 5) is 26.9. The zero-order chi connectivity index (χ0) is 14.5. The molecule has 2 amide bonds. The topological polar surface area (TPSA) is 70.1 Å². The van der Waals surface area contributed by atoms with Gasteiger partial charge in [-0.05, 0) is 24.8 Å². The summed E-state index contributed by atoms with van der Waals surface area (Å²) in [6, 6.07) is -0.0383. The zero-order valence-corrected chi connectivity index (χ0v) is 11.9. The smallest absolute Gasteiger partial charge is 0.320 e. The number of nitrogens with zero attached hydrogens (tertiary/aromatic N) is 2. The number of urea groups is 1. The van der Waals surface area contributed by atoms with Crippen molar-refractivity contribution in [3.63, 3.8) is 0 Å². The number of likely N-dealkylation sites (tertiary alicyclic amines) is 1. The van der Waals surface area contributed by atoms with Crippen molar-refractivity contribution < 1.29 is 19.4 Å². The molecule has 0 aromatic heterocycles. The highest BCUT2D eigenvalue weighted by Crippen LogP contribution is 2.19. The molecule has 2 aliphatic rings. The van der Waals surface area contributed by atoms with Gasteiger partial charge in [0.1, 0.15) is 0 Å². The number of carbonyl (C=O) groups is 2. The van der Waals surface area contributed by atoms with E-state index in [1.165, 1.54) is 5.57 Å². The third kappa shape index (κ3) is 3.50. The zero-order valence-electron chi connectivity index (χ0n) is 11.9. The number of methoxy groups -OCH3 is 1. The van der Waals surface area contributed by atoms with Gasteiger partial charge in [0.15, 0.2) is 0 Å². The maximum Gasteiger partial charge on any atom is 0.320 e. The van der Waals surface area contributed by atoms with E-state index >= 15 is 0 Å². The van der Waals surface area contributed by atoms with Crippen LogP contribution in [-0.4, -0.2) is 66.8 Å². The minimum atomic E-state index is -0.802. The monoisotopic (exact) mass is 282 g/mol. The van der Waals surface area contributed by atoms with E-state index in [2.05, 4.69) is 0 Å². The molecule has 2 aliphatic heterocycles. The summed E-state index contributed by atoms with van der Waals surface area (Å²) in [5.41, 5.74) is 1.22. The minimum absolute atomic E-state index is 0.0383. The molecule has 1 N–H and O–H groups in total. The van der Waals surface area contributed by atoms with Gasteiger partial charge >= 0.3 is 12.0 Å². The van der Waals surface area contributed by atoms with Crippen LogP contribution < -0.4 is 0 Å². The summed E-state index contributed by atoms with van der Waals surface area (Å²) in [5.74, 6) is -1.22. The minimum Gasteiger partial charge on any atom is -0.481 e. The highest BCUT2D eigenvalue weighted by Gasteiger charge is 2.30. The molecule has 2 rings (SSSR count). The molecule has 0 unspecified atom stereocenters. The lowest BCUT2D eigenvalue weighted by Gasteiger charge is -2.36. The Kier molecular flexibility index (Phi) is 5.00. The van der Waals surface area contributed by atoms with Crippen molar-refractivity contribution in [3.8, 4) is 0 Å². The van der Waals surface area contributed by atoms with E-state index in [1.807, 2.05) is 6.08 Å². The van der Waals surface area contributed by atoms with Gasteiger partial charge in [-0.25, -0.2) is 4.79 Å². The molecule has 6 heteroatoms. The number of ether oxygens (including phenoxy) is 1. The Morgan fingerprint density at radius 1 is 1.40 bits per heavy atom. The van der Waals surface area contributed by atoms with Crippen LogP contribution in [0.3, 0.4) is 0 Å². The molecule has 1 saturated heterocycles. The summed E-state index contributed by atoms with van der Waals surface area (Å²) in [7, 11) is 1.66. The van der Waals surface area contributed by atoms with Crippen molar-refractivity contribution in [2.45, 2.75) is 19.3 Å². The number of aliphatic carboxylic acids is 1. The SMILES string of the molecule is COCC1=CCN(C(=O)N2CCC[C@H](C(=O)O)C2)CC1. The summed E-state index contributed by atoms with van der Waals surface area (Å²) in [6.45, 7) is 2.88. The van der Waals surface area contributed by atoms with Crippen LogP contribution in [0.25, 0.3) is 0 Å². The molecule has 0 aliphatic carbocycles. The molecule has 1 atom stereocenters. The second-order valence-corrected chi connectivity index (χ2v) is 5.40. The van der Waals surface area contributed by atoms with Gasteiger partial charge in [0, 0.05) is 33.3 Å². The molecule has 0 spiro atoms. The Labute approximate surface area is 119 Å². The second-order valence-electron chi connectivity index (χ2n) is 5.40. The first-order chi connectivity index (χ1) is 9.61. The van der Waals surface area contributed by atoms with Gasteiger partial charge < -0.3 is 19.6 Å². The standard InChI is InChI=1S/C14H22N2O4/c1-20-10-11-4-7-15(8-5-11)14(19)16-6-2-3-12(9-16)13(17)18/h4,12H,2-3,5-10H2,1H3,(H,17,18)/t12-/m0/s1. The Bertz CT molecular complexity index is 408. The van der Waals surface area contributed by atoms with E-state index in [1.54, 1.807) is 16.9 Å². The molecule has 112 valence electrons. The van der Waals surface area contributed by atoms with E-state index in [0.29, 0.717) is 39.2 Å². The molecule has 20 heavy (non-hydrogen) atoms. The molecule has 0 aromatic carbocycles. The molecule has 0 saturated carbocycles. The third-order valence-electron chi connectivity index (χ3n) is 3.94. The van der Waals surface area contributed by atoms with Gasteiger partial charge in [0.05, 0.1) is 12.5 Å². The van der Waals surface area contributed by atoms with Crippen molar-refractivity contribution in [1.82, 2.24) is 9.80 Å². The van der Waals surface area contributed by atoms with E-state index in [-0.39, 0.29) is 6.03 Å². The number of piperidine rings is 1. The van der Waals surface area contributed by atoms with Gasteiger partial charge in [-0.15, -0.1) is 0 Å². The molecular weight excluding hydrogens is 260 g/mol. The first-order valence-corrected chi connectivity index (χ1v) is 7.05. The van der Waals surface area contributed by atoms with Crippen LogP contribution in [0.4, 0.5) is 4.79 Å². The molecular formula is C14H22N2O4. The van der Waals surface area contributed by atoms with E-state index in [0.717, 1.165) is 12.8 Å². The number of amides is 2. The van der Waals surface area contributed by atoms with Crippen LogP contribution in [0, 0.1) is 5.92 Å². The maximum absolute atomic E-state index is 12.4. The van der Waals surface area contributed by atoms with E-state index in [4.69, 9.17) is 9.84 Å². The van der Waals surface area contributed by atoms with Crippen LogP contribution in [0.5, 0.6) is 0 Å². The summed E-state index contributed by atoms with van der Waals surface area (Å²) >= 11 is 0. The lowest BCUT2D eigenvalue weighted by Crippen LogP contribution is -2.49. The first kappa shape index (κ1) is 14.8. The largest absolute Gasteiger partial charge is 0.481 e. The van der Waals surface area contributed by atoms with Crippen molar-refractivity contribution in [1.29, 1.82) is 0 Å². The van der Waals surface area contributed by atoms with Crippen molar-refractivity contribution >= 4 is 12.0 Å². The maximum atomic E-state index is 12.4. The van der Waals surface area contributed by atoms with E-state index in [9.17, 15) is 9.59 Å². The fourth-order valence-corrected chi connectivity index (χ4v) is 2.75. The van der Waals surface area contributed by atoms with Crippen molar-refractivity contribution in [2.24, 2.45) is 5.92 Å². The van der Waals surface area contributed by atoms with Crippen LogP contribution in [0.2, 0.25) is 0 Å². The summed E-state index contributed by atoms with van der Waals surface area (Å²) in [6.07, 6.45) is 4.29. The lowest BCUT2D eigenvalue weighted by atomic mass is 9.98. The number of hydrogen-bond donors (Lipinski definition) is 1. The van der Waals surface area contributed by atoms with Crippen LogP contribution >= 0.6 is 0 Å². The van der Waals surface area contributed by atoms with Crippen molar-refractivity contribution in [2.75, 3.05) is 39.9 Å². The van der Waals surface area contributed by atoms with Gasteiger partial charge in [-0.2, -0.15) is 0 Å². The lowest BCUT2D eigenvalue weighted by molar-refractivity contribution is -0.143. The van der Waals surface area contributed by atoms with Gasteiger partial charge in [-0.1, -0.05) is 6.08 Å². The highest BCUT2D eigenvalue weighted by atomic mass is 16.5. The average molecular weight is 282 g/mol. The highest BCUT2D eigenvalue weighted by molar-refractivity contribution is 5.77. The fourth-order valence-electron chi connectivity index (χ4n) is 2.75. The van der Waals surface area contributed by atoms with Gasteiger partial charge in [0.25, 0.3) is 0 Å². The van der Waals surface area contributed by atoms with Crippen LogP contribution in [0.1, 0.15) is 19.3 Å². The number of rotatable bonds is 3. The Balaban J connectivity index is 1.90. The molecule has 6 nitrogen and oxygen atoms in total. The Morgan fingerprint density at radius 2 is 2.20 bits per heavy atom. The predicted octanol–water partition coefficient (Wildman–Crippen LogP) is 1.18. The van der Waals surface area contributed by atoms with Crippen LogP contribution in [-0.2, 0) is 9.53 Å². The van der Waals surface area contributed by atoms with Gasteiger partial charge in [-0.3, -0.25) is 4.79 Å². The number of hydrogen-bond acceptors (Lipinski definition) is 3. The third-order valence-corrected chi connectivity index (χ3v) is 3.94. The van der Waals surface area contributed by atoms with Gasteiger partial charge in [0.2, 0.25) is 0 Å². The molecule has 0 radical (unpaired) electrons. The Morgan fingerprint density at radius 3 is 2.80 bits per heavy atom. The van der Waals surface area contributed by atoms with Crippen LogP contribution in [0.15, 0.2) is 11.6 Å². The molecule has 2 heterocycles. The number of carbonyl (C=O) groups excluding carboxylic acids is 1. The predicted molar refractivity (Wildman–Crippen MR) is 73.5 cm³/mol. The molecule has 0 aromatic rings. The number of carboxylic acids is 1. The number of carboxylic acid groups (broad SMARTS) is 1. The summed E-state index contributed by atoms with van der Waals surface area (Å²) in [5, 5.41) is 9.07. The quantitative estimate of drug-likeness (QED) is 0.789. The average Bonchev–Trinajstić information content (AvgIpc) is 2.48. The van der Waals surface area contributed by atoms with E-state index < -0.39 is 11.9 Å². The fraction of sp³-hybridized carbons (Fsp3) is 0.714.